The molecule has 0 spiro atoms. The van der Waals surface area contributed by atoms with Gasteiger partial charge >= 0.3 is 0 Å². The molecule has 11 nitrogen and oxygen atoms in total. The molecule has 35 heavy (non-hydrogen) atoms. The summed E-state index contributed by atoms with van der Waals surface area (Å²) in [6.45, 7) is 1.59. The number of amides is 1. The molecule has 3 atom stereocenters. The van der Waals surface area contributed by atoms with Crippen molar-refractivity contribution in [2.45, 2.75) is 31.8 Å². The number of primary amides is 1. The fourth-order valence-corrected chi connectivity index (χ4v) is 5.53. The Hall–Kier alpha value is -3.86. The number of nitrogens with zero attached hydrogens (tertiary/aromatic N) is 2. The van der Waals surface area contributed by atoms with Gasteiger partial charge in [-0.1, -0.05) is 5.16 Å². The minimum atomic E-state index is -2.60. The number of oxime groups is 1. The van der Waals surface area contributed by atoms with E-state index in [4.69, 9.17) is 10.6 Å². The van der Waals surface area contributed by atoms with E-state index in [2.05, 4.69) is 5.16 Å². The molecule has 0 fully saturated rings. The van der Waals surface area contributed by atoms with Gasteiger partial charge in [0.2, 0.25) is 5.78 Å². The van der Waals surface area contributed by atoms with Gasteiger partial charge in [0.1, 0.15) is 30.0 Å². The van der Waals surface area contributed by atoms with E-state index < -0.39 is 52.0 Å². The van der Waals surface area contributed by atoms with Crippen LogP contribution < -0.4 is 10.6 Å². The highest BCUT2D eigenvalue weighted by molar-refractivity contribution is 6.24. The first-order valence-corrected chi connectivity index (χ1v) is 11.0. The number of hydrogen-bond donors (Lipinski definition) is 5. The van der Waals surface area contributed by atoms with Gasteiger partial charge in [-0.3, -0.25) is 14.4 Å². The lowest BCUT2D eigenvalue weighted by atomic mass is 9.60. The molecule has 1 aromatic rings. The average Bonchev–Trinajstić information content (AvgIpc) is 2.76. The minimum absolute atomic E-state index is 0.0719. The molecule has 1 aromatic carbocycles. The summed E-state index contributed by atoms with van der Waals surface area (Å²) >= 11 is 0. The van der Waals surface area contributed by atoms with Crippen LogP contribution in [0.4, 0.5) is 5.69 Å². The fourth-order valence-electron chi connectivity index (χ4n) is 5.53. The number of rotatable bonds is 4. The van der Waals surface area contributed by atoms with Gasteiger partial charge in [-0.15, -0.1) is 0 Å². The number of phenols is 1. The first-order chi connectivity index (χ1) is 16.4. The molecule has 6 N–H and O–H groups in total. The van der Waals surface area contributed by atoms with Crippen LogP contribution in [-0.2, 0) is 20.8 Å². The number of fused-ring (bicyclic) bond motifs is 3. The van der Waals surface area contributed by atoms with E-state index in [1.165, 1.54) is 7.11 Å². The second kappa shape index (κ2) is 8.12. The third-order valence-electron chi connectivity index (χ3n) is 7.14. The van der Waals surface area contributed by atoms with Crippen molar-refractivity contribution in [3.05, 3.63) is 45.4 Å². The van der Waals surface area contributed by atoms with Crippen molar-refractivity contribution in [3.63, 3.8) is 0 Å². The summed E-state index contributed by atoms with van der Waals surface area (Å²) in [6, 6.07) is 1.69. The van der Waals surface area contributed by atoms with Crippen LogP contribution in [0.2, 0.25) is 0 Å². The summed E-state index contributed by atoms with van der Waals surface area (Å²) in [5.74, 6) is -6.64. The molecule has 0 radical (unpaired) electrons. The van der Waals surface area contributed by atoms with Gasteiger partial charge in [0.25, 0.3) is 5.91 Å². The molecule has 3 aliphatic carbocycles. The molecule has 0 saturated carbocycles. The van der Waals surface area contributed by atoms with Crippen LogP contribution in [0.3, 0.4) is 0 Å². The number of nitrogens with two attached hydrogens (primary N) is 1. The van der Waals surface area contributed by atoms with Crippen molar-refractivity contribution in [1.29, 1.82) is 0 Å². The fraction of sp³-hybridized carbons (Fsp3) is 0.417. The third-order valence-corrected chi connectivity index (χ3v) is 7.14. The summed E-state index contributed by atoms with van der Waals surface area (Å²) in [5.41, 5.74) is 3.26. The topological polar surface area (TPSA) is 183 Å². The van der Waals surface area contributed by atoms with E-state index in [0.29, 0.717) is 17.0 Å². The number of ketones is 2. The molecular formula is C24H27N3O8. The van der Waals surface area contributed by atoms with Crippen LogP contribution in [0, 0.1) is 11.8 Å². The van der Waals surface area contributed by atoms with Crippen molar-refractivity contribution in [3.8, 4) is 5.75 Å². The highest BCUT2D eigenvalue weighted by Gasteiger charge is 2.59. The van der Waals surface area contributed by atoms with Crippen LogP contribution >= 0.6 is 0 Å². The number of aliphatic hydroxyl groups excluding tert-OH is 2. The minimum Gasteiger partial charge on any atom is -0.511 e. The molecule has 0 aliphatic heterocycles. The molecule has 0 aromatic heterocycles. The van der Waals surface area contributed by atoms with E-state index in [9.17, 15) is 34.8 Å². The van der Waals surface area contributed by atoms with Crippen molar-refractivity contribution in [2.24, 2.45) is 22.7 Å². The molecule has 0 heterocycles. The molecule has 186 valence electrons. The first-order valence-electron chi connectivity index (χ1n) is 11.0. The predicted molar refractivity (Wildman–Crippen MR) is 124 cm³/mol. The molecule has 0 bridgehead atoms. The maximum absolute atomic E-state index is 13.7. The van der Waals surface area contributed by atoms with Crippen molar-refractivity contribution in [1.82, 2.24) is 0 Å². The molecule has 1 amide bonds. The lowest BCUT2D eigenvalue weighted by molar-refractivity contribution is -0.144. The Balaban J connectivity index is 1.96. The average molecular weight is 485 g/mol. The maximum Gasteiger partial charge on any atom is 0.255 e. The highest BCUT2D eigenvalue weighted by Crippen LogP contribution is 2.52. The maximum atomic E-state index is 13.7. The number of carbonyl (C=O) groups is 3. The van der Waals surface area contributed by atoms with Gasteiger partial charge in [-0.05, 0) is 37.3 Å². The number of aliphatic hydroxyl groups is 3. The summed E-state index contributed by atoms with van der Waals surface area (Å²) < 4.78 is 0. The monoisotopic (exact) mass is 485 g/mol. The van der Waals surface area contributed by atoms with Gasteiger partial charge in [0, 0.05) is 43.3 Å². The zero-order valence-corrected chi connectivity index (χ0v) is 19.7. The van der Waals surface area contributed by atoms with Gasteiger partial charge < -0.3 is 35.9 Å². The Morgan fingerprint density at radius 3 is 2.46 bits per heavy atom. The van der Waals surface area contributed by atoms with Crippen LogP contribution in [-0.4, -0.2) is 70.4 Å². The zero-order chi connectivity index (χ0) is 26.0. The first kappa shape index (κ1) is 24.3. The third kappa shape index (κ3) is 3.29. The van der Waals surface area contributed by atoms with Crippen LogP contribution in [0.5, 0.6) is 5.75 Å². The molecule has 4 rings (SSSR count). The Bertz CT molecular complexity index is 1280. The molecule has 2 unspecified atom stereocenters. The largest absolute Gasteiger partial charge is 0.511 e. The lowest BCUT2D eigenvalue weighted by Crippen LogP contribution is -2.57. The van der Waals surface area contributed by atoms with Crippen molar-refractivity contribution >= 4 is 28.9 Å². The smallest absolute Gasteiger partial charge is 0.255 e. The number of anilines is 1. The highest BCUT2D eigenvalue weighted by atomic mass is 16.6. The summed E-state index contributed by atoms with van der Waals surface area (Å²) in [4.78, 5) is 45.1. The van der Waals surface area contributed by atoms with E-state index in [-0.39, 0.29) is 41.7 Å². The summed E-state index contributed by atoms with van der Waals surface area (Å²) in [6.07, 6.45) is 0.0193. The second-order valence-electron chi connectivity index (χ2n) is 9.31. The van der Waals surface area contributed by atoms with Crippen LogP contribution in [0.1, 0.15) is 41.3 Å². The Labute approximate surface area is 200 Å². The van der Waals surface area contributed by atoms with Gasteiger partial charge in [-0.25, -0.2) is 0 Å². The van der Waals surface area contributed by atoms with Crippen molar-refractivity contribution < 1.29 is 39.6 Å². The van der Waals surface area contributed by atoms with Crippen molar-refractivity contribution in [2.75, 3.05) is 26.1 Å². The van der Waals surface area contributed by atoms with Gasteiger partial charge in [0.05, 0.1) is 11.3 Å². The summed E-state index contributed by atoms with van der Waals surface area (Å²) in [5, 5.41) is 47.6. The Kier molecular flexibility index (Phi) is 5.63. The standard InChI is InChI=1S/C24H27N3O8/c1-9(26-35-4)12-8-14(27(2)3)13-6-10-5-11-7-15(28)18(23(25)33)22(32)24(11,34)21(31)16(10)20(30)17(13)19(12)29/h8,10-11,28-29,31,34H,5-7H2,1-4H3,(H2,25,33)/b26-9+/t10?,11?,24-/m0/s1. The summed E-state index contributed by atoms with van der Waals surface area (Å²) in [7, 11) is 4.90. The molecule has 11 heteroatoms. The number of carbonyl (C=O) groups excluding carboxylic acids is 3. The van der Waals surface area contributed by atoms with Gasteiger partial charge in [0.15, 0.2) is 11.4 Å². The van der Waals surface area contributed by atoms with Gasteiger partial charge in [-0.2, -0.15) is 0 Å². The Morgan fingerprint density at radius 2 is 1.89 bits per heavy atom. The second-order valence-corrected chi connectivity index (χ2v) is 9.31. The number of aromatic hydroxyl groups is 1. The number of benzene rings is 1. The Morgan fingerprint density at radius 1 is 1.23 bits per heavy atom. The molecule has 3 aliphatic rings. The molecular weight excluding hydrogens is 458 g/mol. The number of allylic oxidation sites excluding steroid dienone is 2. The normalized spacial score (nSPS) is 26.3. The number of phenolic OH excluding ortho intramolecular Hbond substituents is 1. The quantitative estimate of drug-likeness (QED) is 0.236. The van der Waals surface area contributed by atoms with Crippen LogP contribution in [0.15, 0.2) is 33.9 Å². The zero-order valence-electron chi connectivity index (χ0n) is 19.7. The number of hydrogen-bond acceptors (Lipinski definition) is 10. The predicted octanol–water partition coefficient (Wildman–Crippen LogP) is 1.02. The van der Waals surface area contributed by atoms with Crippen LogP contribution in [0.25, 0.3) is 0 Å². The molecule has 0 saturated heterocycles. The number of Topliss-reactive ketones (excluding diaryl/α,β-unsaturated/α-hetero) is 2. The SMILES string of the molecule is CO/N=C(\C)c1cc(N(C)C)c2c(c1O)C(=O)C1=C(O)[C@]3(O)C(=O)C(C(N)=O)=C(O)CC3CC1C2. The van der Waals surface area contributed by atoms with E-state index >= 15 is 0 Å². The van der Waals surface area contributed by atoms with E-state index in [1.54, 1.807) is 32.0 Å². The van der Waals surface area contributed by atoms with E-state index in [0.717, 1.165) is 0 Å². The lowest BCUT2D eigenvalue weighted by Gasteiger charge is -2.46. The van der Waals surface area contributed by atoms with E-state index in [1.807, 2.05) is 0 Å².